The van der Waals surface area contributed by atoms with Crippen molar-refractivity contribution in [2.45, 2.75) is 32.2 Å². The maximum Gasteiger partial charge on any atom is 0.261 e. The molecule has 0 bridgehead atoms. The van der Waals surface area contributed by atoms with Crippen LogP contribution in [0.3, 0.4) is 0 Å². The van der Waals surface area contributed by atoms with E-state index in [-0.39, 0.29) is 30.3 Å². The first kappa shape index (κ1) is 19.8. The second-order valence-electron chi connectivity index (χ2n) is 7.46. The highest BCUT2D eigenvalue weighted by molar-refractivity contribution is 6.03. The first-order valence-corrected chi connectivity index (χ1v) is 10.3. The van der Waals surface area contributed by atoms with Crippen LogP contribution in [0.2, 0.25) is 0 Å². The number of benzene rings is 2. The summed E-state index contributed by atoms with van der Waals surface area (Å²) in [5, 5.41) is 3.36. The molecule has 1 aliphatic heterocycles. The largest absolute Gasteiger partial charge is 0.339 e. The van der Waals surface area contributed by atoms with Gasteiger partial charge in [-0.1, -0.05) is 24.3 Å². The fourth-order valence-electron chi connectivity index (χ4n) is 3.75. The highest BCUT2D eigenvalue weighted by Crippen LogP contribution is 2.20. The van der Waals surface area contributed by atoms with Crippen LogP contribution in [0.1, 0.15) is 36.0 Å². The standard InChI is InChI=1S/C23H24N4O3/c28-21(12-15-27-16-24-19-10-4-2-8-17(19)23(27)30)25-20-11-5-3-9-18(20)22(29)26-13-6-1-7-14-26/h2-5,8-11,16H,1,6-7,12-15H2,(H,25,28). The van der Waals surface area contributed by atoms with E-state index in [1.165, 1.54) is 10.9 Å². The van der Waals surface area contributed by atoms with Crippen LogP contribution in [0.5, 0.6) is 0 Å². The second kappa shape index (κ2) is 8.90. The lowest BCUT2D eigenvalue weighted by Gasteiger charge is -2.27. The minimum Gasteiger partial charge on any atom is -0.339 e. The Hall–Kier alpha value is -3.48. The quantitative estimate of drug-likeness (QED) is 0.708. The van der Waals surface area contributed by atoms with E-state index in [1.807, 2.05) is 11.0 Å². The molecule has 154 valence electrons. The number of hydrogen-bond donors (Lipinski definition) is 1. The van der Waals surface area contributed by atoms with Crippen molar-refractivity contribution in [1.82, 2.24) is 14.5 Å². The number of nitrogens with one attached hydrogen (secondary N) is 1. The number of hydrogen-bond acceptors (Lipinski definition) is 4. The molecule has 1 saturated heterocycles. The molecule has 0 unspecified atom stereocenters. The maximum atomic E-state index is 12.9. The van der Waals surface area contributed by atoms with Crippen molar-refractivity contribution in [3.63, 3.8) is 0 Å². The van der Waals surface area contributed by atoms with E-state index < -0.39 is 0 Å². The lowest BCUT2D eigenvalue weighted by Crippen LogP contribution is -2.36. The van der Waals surface area contributed by atoms with Gasteiger partial charge in [-0.3, -0.25) is 19.0 Å². The van der Waals surface area contributed by atoms with Gasteiger partial charge in [-0.15, -0.1) is 0 Å². The van der Waals surface area contributed by atoms with Crippen molar-refractivity contribution >= 4 is 28.4 Å². The molecule has 7 nitrogen and oxygen atoms in total. The van der Waals surface area contributed by atoms with Crippen LogP contribution in [0.15, 0.2) is 59.7 Å². The molecule has 2 amide bonds. The lowest BCUT2D eigenvalue weighted by atomic mass is 10.1. The third kappa shape index (κ3) is 4.25. The van der Waals surface area contributed by atoms with Crippen molar-refractivity contribution in [2.24, 2.45) is 0 Å². The first-order valence-electron chi connectivity index (χ1n) is 10.3. The average molecular weight is 404 g/mol. The molecule has 1 aromatic heterocycles. The van der Waals surface area contributed by atoms with Crippen LogP contribution in [0, 0.1) is 0 Å². The fraction of sp³-hybridized carbons (Fsp3) is 0.304. The van der Waals surface area contributed by atoms with E-state index in [0.29, 0.717) is 22.2 Å². The molecule has 0 atom stereocenters. The monoisotopic (exact) mass is 404 g/mol. The van der Waals surface area contributed by atoms with Gasteiger partial charge in [-0.05, 0) is 43.5 Å². The minimum atomic E-state index is -0.256. The predicted octanol–water partition coefficient (Wildman–Crippen LogP) is 3.05. The number of nitrogens with zero attached hydrogens (tertiary/aromatic N) is 3. The molecule has 3 aromatic rings. The zero-order valence-corrected chi connectivity index (χ0v) is 16.7. The van der Waals surface area contributed by atoms with E-state index in [2.05, 4.69) is 10.3 Å². The van der Waals surface area contributed by atoms with E-state index in [9.17, 15) is 14.4 Å². The molecule has 1 aliphatic rings. The molecular formula is C23H24N4O3. The molecule has 0 radical (unpaired) electrons. The number of carbonyl (C=O) groups excluding carboxylic acids is 2. The number of para-hydroxylation sites is 2. The molecule has 7 heteroatoms. The summed E-state index contributed by atoms with van der Waals surface area (Å²) < 4.78 is 1.44. The third-order valence-electron chi connectivity index (χ3n) is 5.39. The summed E-state index contributed by atoms with van der Waals surface area (Å²) in [5.41, 5.74) is 1.46. The Bertz CT molecular complexity index is 1130. The summed E-state index contributed by atoms with van der Waals surface area (Å²) in [5.74, 6) is -0.311. The number of aromatic nitrogens is 2. The normalized spacial score (nSPS) is 13.9. The van der Waals surface area contributed by atoms with Crippen LogP contribution >= 0.6 is 0 Å². The van der Waals surface area contributed by atoms with Gasteiger partial charge in [0.05, 0.1) is 28.5 Å². The van der Waals surface area contributed by atoms with Crippen LogP contribution < -0.4 is 10.9 Å². The number of piperidine rings is 1. The molecule has 2 aromatic carbocycles. The Morgan fingerprint density at radius 2 is 1.70 bits per heavy atom. The van der Waals surface area contributed by atoms with Crippen molar-refractivity contribution in [3.05, 3.63) is 70.8 Å². The third-order valence-corrected chi connectivity index (χ3v) is 5.39. The number of likely N-dealkylation sites (tertiary alicyclic amines) is 1. The zero-order chi connectivity index (χ0) is 20.9. The lowest BCUT2D eigenvalue weighted by molar-refractivity contribution is -0.116. The highest BCUT2D eigenvalue weighted by Gasteiger charge is 2.21. The van der Waals surface area contributed by atoms with Crippen LogP contribution in [0.4, 0.5) is 5.69 Å². The molecule has 1 N–H and O–H groups in total. The van der Waals surface area contributed by atoms with Crippen molar-refractivity contribution in [3.8, 4) is 0 Å². The topological polar surface area (TPSA) is 84.3 Å². The minimum absolute atomic E-state index is 0.0550. The summed E-state index contributed by atoms with van der Waals surface area (Å²) in [7, 11) is 0. The van der Waals surface area contributed by atoms with Gasteiger partial charge >= 0.3 is 0 Å². The van der Waals surface area contributed by atoms with E-state index in [4.69, 9.17) is 0 Å². The predicted molar refractivity (Wildman–Crippen MR) is 115 cm³/mol. The summed E-state index contributed by atoms with van der Waals surface area (Å²) in [6.45, 7) is 1.71. The Labute approximate surface area is 174 Å². The van der Waals surface area contributed by atoms with E-state index in [1.54, 1.807) is 42.5 Å². The van der Waals surface area contributed by atoms with Gasteiger partial charge in [0, 0.05) is 26.1 Å². The van der Waals surface area contributed by atoms with Gasteiger partial charge in [0.2, 0.25) is 5.91 Å². The molecule has 2 heterocycles. The highest BCUT2D eigenvalue weighted by atomic mass is 16.2. The first-order chi connectivity index (χ1) is 14.6. The Balaban J connectivity index is 1.44. The molecule has 30 heavy (non-hydrogen) atoms. The average Bonchev–Trinajstić information content (AvgIpc) is 2.79. The zero-order valence-electron chi connectivity index (χ0n) is 16.7. The Morgan fingerprint density at radius 3 is 2.53 bits per heavy atom. The number of anilines is 1. The number of fused-ring (bicyclic) bond motifs is 1. The molecule has 0 spiro atoms. The summed E-state index contributed by atoms with van der Waals surface area (Å²) in [4.78, 5) is 44.1. The Kier molecular flexibility index (Phi) is 5.88. The van der Waals surface area contributed by atoms with Gasteiger partial charge in [0.15, 0.2) is 0 Å². The van der Waals surface area contributed by atoms with Gasteiger partial charge in [0.25, 0.3) is 11.5 Å². The molecule has 4 rings (SSSR count). The Morgan fingerprint density at radius 1 is 0.967 bits per heavy atom. The van der Waals surface area contributed by atoms with Crippen molar-refractivity contribution in [1.29, 1.82) is 0 Å². The molecule has 0 aliphatic carbocycles. The second-order valence-corrected chi connectivity index (χ2v) is 7.46. The van der Waals surface area contributed by atoms with Crippen LogP contribution in [-0.2, 0) is 11.3 Å². The number of amides is 2. The smallest absolute Gasteiger partial charge is 0.261 e. The van der Waals surface area contributed by atoms with Gasteiger partial charge < -0.3 is 10.2 Å². The van der Waals surface area contributed by atoms with Crippen LogP contribution in [-0.4, -0.2) is 39.4 Å². The van der Waals surface area contributed by atoms with Gasteiger partial charge in [-0.25, -0.2) is 4.98 Å². The van der Waals surface area contributed by atoms with Crippen molar-refractivity contribution in [2.75, 3.05) is 18.4 Å². The van der Waals surface area contributed by atoms with Crippen LogP contribution in [0.25, 0.3) is 10.9 Å². The summed E-state index contributed by atoms with van der Waals surface area (Å²) >= 11 is 0. The molecule has 1 fully saturated rings. The fourth-order valence-corrected chi connectivity index (χ4v) is 3.75. The van der Waals surface area contributed by atoms with Crippen molar-refractivity contribution < 1.29 is 9.59 Å². The molecule has 0 saturated carbocycles. The molecular weight excluding hydrogens is 380 g/mol. The number of rotatable bonds is 5. The SMILES string of the molecule is O=C(CCn1cnc2ccccc2c1=O)Nc1ccccc1C(=O)N1CCCCC1. The van der Waals surface area contributed by atoms with E-state index in [0.717, 1.165) is 32.4 Å². The van der Waals surface area contributed by atoms with Gasteiger partial charge in [0.1, 0.15) is 0 Å². The van der Waals surface area contributed by atoms with Gasteiger partial charge in [-0.2, -0.15) is 0 Å². The maximum absolute atomic E-state index is 12.9. The number of carbonyl (C=O) groups is 2. The number of aryl methyl sites for hydroxylation is 1. The summed E-state index contributed by atoms with van der Waals surface area (Å²) in [6, 6.07) is 14.2. The van der Waals surface area contributed by atoms with E-state index >= 15 is 0 Å². The summed E-state index contributed by atoms with van der Waals surface area (Å²) in [6.07, 6.45) is 4.73.